The van der Waals surface area contributed by atoms with Gasteiger partial charge in [-0.3, -0.25) is 19.4 Å². The van der Waals surface area contributed by atoms with Gasteiger partial charge in [-0.15, -0.1) is 0 Å². The lowest BCUT2D eigenvalue weighted by Crippen LogP contribution is -2.49. The zero-order valence-corrected chi connectivity index (χ0v) is 18.7. The molecule has 1 fully saturated rings. The first-order valence-electron chi connectivity index (χ1n) is 11.4. The number of rotatable bonds is 6. The van der Waals surface area contributed by atoms with Crippen molar-refractivity contribution in [1.29, 1.82) is 0 Å². The van der Waals surface area contributed by atoms with Gasteiger partial charge < -0.3 is 15.1 Å². The Morgan fingerprint density at radius 2 is 1.73 bits per heavy atom. The third-order valence-corrected chi connectivity index (χ3v) is 6.64. The molecule has 0 radical (unpaired) electrons. The Kier molecular flexibility index (Phi) is 5.74. The molecule has 4 aromatic rings. The number of benzene rings is 2. The third-order valence-electron chi connectivity index (χ3n) is 6.64. The van der Waals surface area contributed by atoms with Crippen molar-refractivity contribution >= 4 is 27.8 Å². The van der Waals surface area contributed by atoms with Crippen LogP contribution in [0.3, 0.4) is 0 Å². The monoisotopic (exact) mass is 444 g/mol. The average Bonchev–Trinajstić information content (AvgIpc) is 3.22. The minimum absolute atomic E-state index is 0.0672. The van der Waals surface area contributed by atoms with Gasteiger partial charge in [0.15, 0.2) is 0 Å². The fraction of sp³-hybridized carbons (Fsp3) is 0.308. The summed E-state index contributed by atoms with van der Waals surface area (Å²) >= 11 is 0. The Hall–Kier alpha value is -3.42. The van der Waals surface area contributed by atoms with Gasteiger partial charge in [-0.05, 0) is 48.2 Å². The van der Waals surface area contributed by atoms with E-state index in [1.165, 1.54) is 5.56 Å². The molecule has 0 bridgehead atoms. The lowest BCUT2D eigenvalue weighted by atomic mass is 10.1. The molecule has 170 valence electrons. The minimum Gasteiger partial charge on any atom is -0.481 e. The van der Waals surface area contributed by atoms with Gasteiger partial charge in [0, 0.05) is 55.2 Å². The topological polar surface area (TPSA) is 92.4 Å². The first kappa shape index (κ1) is 21.4. The SMILES string of the molecule is CC(CC(=O)O)N1CCN(Cc2ccc3[nH]c(-c4cc5ccccc5[nH]c4=O)cc3c2)CC1. The molecule has 7 nitrogen and oxygen atoms in total. The maximum atomic E-state index is 12.7. The van der Waals surface area contributed by atoms with E-state index in [4.69, 9.17) is 5.11 Å². The fourth-order valence-corrected chi connectivity index (χ4v) is 4.78. The van der Waals surface area contributed by atoms with Crippen molar-refractivity contribution in [2.45, 2.75) is 25.9 Å². The number of pyridine rings is 1. The van der Waals surface area contributed by atoms with Crippen LogP contribution in [0.15, 0.2) is 59.4 Å². The predicted octanol–water partition coefficient (Wildman–Crippen LogP) is 3.66. The summed E-state index contributed by atoms with van der Waals surface area (Å²) in [6, 6.07) is 18.2. The van der Waals surface area contributed by atoms with Gasteiger partial charge in [-0.2, -0.15) is 0 Å². The summed E-state index contributed by atoms with van der Waals surface area (Å²) in [5.41, 5.74) is 4.42. The molecule has 1 aliphatic heterocycles. The van der Waals surface area contributed by atoms with Gasteiger partial charge in [0.1, 0.15) is 0 Å². The number of H-pyrrole nitrogens is 2. The van der Waals surface area contributed by atoms with Crippen molar-refractivity contribution in [3.8, 4) is 11.3 Å². The number of aromatic nitrogens is 2. The number of carboxylic acids is 1. The summed E-state index contributed by atoms with van der Waals surface area (Å²) in [6.45, 7) is 6.46. The van der Waals surface area contributed by atoms with E-state index in [1.807, 2.05) is 43.3 Å². The predicted molar refractivity (Wildman–Crippen MR) is 130 cm³/mol. The first-order chi connectivity index (χ1) is 16.0. The van der Waals surface area contributed by atoms with Gasteiger partial charge in [0.25, 0.3) is 5.56 Å². The van der Waals surface area contributed by atoms with E-state index in [0.717, 1.165) is 60.2 Å². The van der Waals surface area contributed by atoms with Crippen LogP contribution in [0.2, 0.25) is 0 Å². The molecular formula is C26H28N4O3. The summed E-state index contributed by atoms with van der Waals surface area (Å²) < 4.78 is 0. The number of para-hydroxylation sites is 1. The number of fused-ring (bicyclic) bond motifs is 2. The molecule has 1 aliphatic rings. The molecule has 1 atom stereocenters. The first-order valence-corrected chi connectivity index (χ1v) is 11.4. The maximum absolute atomic E-state index is 12.7. The van der Waals surface area contributed by atoms with E-state index in [2.05, 4.69) is 38.0 Å². The standard InChI is InChI=1S/C26H28N4O3/c1-17(12-25(31)32)30-10-8-29(9-11-30)16-18-6-7-23-20(13-18)15-24(27-23)21-14-19-4-2-3-5-22(19)28-26(21)33/h2-7,13-15,17,27H,8-12,16H2,1H3,(H,28,33)(H,31,32). The third kappa shape index (κ3) is 4.55. The smallest absolute Gasteiger partial charge is 0.304 e. The van der Waals surface area contributed by atoms with Crippen LogP contribution in [0.5, 0.6) is 0 Å². The number of aliphatic carboxylic acids is 1. The van der Waals surface area contributed by atoms with Crippen molar-refractivity contribution in [3.05, 3.63) is 70.5 Å². The number of hydrogen-bond donors (Lipinski definition) is 3. The molecule has 5 rings (SSSR count). The maximum Gasteiger partial charge on any atom is 0.304 e. The van der Waals surface area contributed by atoms with E-state index < -0.39 is 5.97 Å². The van der Waals surface area contributed by atoms with Crippen LogP contribution < -0.4 is 5.56 Å². The van der Waals surface area contributed by atoms with Crippen LogP contribution in [-0.4, -0.2) is 63.1 Å². The highest BCUT2D eigenvalue weighted by Gasteiger charge is 2.22. The van der Waals surface area contributed by atoms with Crippen LogP contribution in [0.1, 0.15) is 18.9 Å². The van der Waals surface area contributed by atoms with E-state index in [-0.39, 0.29) is 18.0 Å². The molecule has 0 saturated carbocycles. The van der Waals surface area contributed by atoms with E-state index in [0.29, 0.717) is 5.56 Å². The molecular weight excluding hydrogens is 416 g/mol. The molecule has 3 heterocycles. The highest BCUT2D eigenvalue weighted by molar-refractivity contribution is 5.89. The lowest BCUT2D eigenvalue weighted by molar-refractivity contribution is -0.138. The molecule has 1 saturated heterocycles. The summed E-state index contributed by atoms with van der Waals surface area (Å²) in [4.78, 5) is 34.7. The zero-order chi connectivity index (χ0) is 22.9. The molecule has 1 unspecified atom stereocenters. The fourth-order valence-electron chi connectivity index (χ4n) is 4.78. The second-order valence-corrected chi connectivity index (χ2v) is 8.96. The van der Waals surface area contributed by atoms with Crippen LogP contribution >= 0.6 is 0 Å². The van der Waals surface area contributed by atoms with E-state index >= 15 is 0 Å². The summed E-state index contributed by atoms with van der Waals surface area (Å²) in [5.74, 6) is -0.741. The van der Waals surface area contributed by atoms with Gasteiger partial charge in [-0.25, -0.2) is 0 Å². The highest BCUT2D eigenvalue weighted by atomic mass is 16.4. The Morgan fingerprint density at radius 1 is 0.970 bits per heavy atom. The highest BCUT2D eigenvalue weighted by Crippen LogP contribution is 2.25. The van der Waals surface area contributed by atoms with Crippen LogP contribution in [-0.2, 0) is 11.3 Å². The lowest BCUT2D eigenvalue weighted by Gasteiger charge is -2.37. The van der Waals surface area contributed by atoms with Crippen molar-refractivity contribution in [3.63, 3.8) is 0 Å². The Bertz CT molecular complexity index is 1360. The minimum atomic E-state index is -0.741. The summed E-state index contributed by atoms with van der Waals surface area (Å²) in [6.07, 6.45) is 0.187. The van der Waals surface area contributed by atoms with E-state index in [9.17, 15) is 9.59 Å². The number of carboxylic acid groups (broad SMARTS) is 1. The molecule has 2 aromatic heterocycles. The number of piperazine rings is 1. The normalized spacial score (nSPS) is 16.4. The number of aromatic amines is 2. The number of carbonyl (C=O) groups is 1. The number of hydrogen-bond acceptors (Lipinski definition) is 4. The van der Waals surface area contributed by atoms with Crippen molar-refractivity contribution < 1.29 is 9.90 Å². The van der Waals surface area contributed by atoms with Crippen LogP contribution in [0.25, 0.3) is 33.1 Å². The van der Waals surface area contributed by atoms with Crippen LogP contribution in [0, 0.1) is 0 Å². The van der Waals surface area contributed by atoms with Crippen molar-refractivity contribution in [1.82, 2.24) is 19.8 Å². The average molecular weight is 445 g/mol. The summed E-state index contributed by atoms with van der Waals surface area (Å²) in [7, 11) is 0. The van der Waals surface area contributed by atoms with Gasteiger partial charge in [0.2, 0.25) is 0 Å². The van der Waals surface area contributed by atoms with Crippen molar-refractivity contribution in [2.75, 3.05) is 26.2 Å². The zero-order valence-electron chi connectivity index (χ0n) is 18.7. The second-order valence-electron chi connectivity index (χ2n) is 8.96. The van der Waals surface area contributed by atoms with Gasteiger partial charge in [-0.1, -0.05) is 24.3 Å². The quantitative estimate of drug-likeness (QED) is 0.422. The Labute approximate surface area is 191 Å². The Balaban J connectivity index is 1.31. The summed E-state index contributed by atoms with van der Waals surface area (Å²) in [5, 5.41) is 11.1. The molecule has 7 heteroatoms. The van der Waals surface area contributed by atoms with Crippen molar-refractivity contribution in [2.24, 2.45) is 0 Å². The molecule has 0 spiro atoms. The largest absolute Gasteiger partial charge is 0.481 e. The van der Waals surface area contributed by atoms with Gasteiger partial charge in [0.05, 0.1) is 17.7 Å². The second kappa shape index (κ2) is 8.84. The molecule has 33 heavy (non-hydrogen) atoms. The molecule has 3 N–H and O–H groups in total. The Morgan fingerprint density at radius 3 is 2.52 bits per heavy atom. The molecule has 2 aromatic carbocycles. The number of nitrogens with one attached hydrogen (secondary N) is 2. The van der Waals surface area contributed by atoms with Crippen LogP contribution in [0.4, 0.5) is 0 Å². The molecule has 0 amide bonds. The van der Waals surface area contributed by atoms with E-state index in [1.54, 1.807) is 0 Å². The molecule has 0 aliphatic carbocycles. The van der Waals surface area contributed by atoms with Gasteiger partial charge >= 0.3 is 5.97 Å². The number of nitrogens with zero attached hydrogens (tertiary/aromatic N) is 2.